The van der Waals surface area contributed by atoms with E-state index in [1.54, 1.807) is 6.07 Å². The summed E-state index contributed by atoms with van der Waals surface area (Å²) in [7, 11) is 0. The number of aryl methyl sites for hydroxylation is 3. The highest BCUT2D eigenvalue weighted by atomic mass is 16.1. The van der Waals surface area contributed by atoms with Crippen molar-refractivity contribution in [1.29, 1.82) is 0 Å². The third-order valence-corrected chi connectivity index (χ3v) is 4.10. The number of para-hydroxylation sites is 1. The fourth-order valence-electron chi connectivity index (χ4n) is 2.70. The van der Waals surface area contributed by atoms with E-state index in [2.05, 4.69) is 36.1 Å². The first-order valence-corrected chi connectivity index (χ1v) is 8.50. The summed E-state index contributed by atoms with van der Waals surface area (Å²) in [5.74, 6) is 0.406. The van der Waals surface area contributed by atoms with Crippen molar-refractivity contribution >= 4 is 17.5 Å². The Bertz CT molecular complexity index is 723. The number of hydrogen-bond acceptors (Lipinski definition) is 4. The van der Waals surface area contributed by atoms with Crippen LogP contribution in [0.25, 0.3) is 0 Å². The van der Waals surface area contributed by atoms with E-state index in [1.807, 2.05) is 36.9 Å². The zero-order valence-corrected chi connectivity index (χ0v) is 15.2. The number of rotatable bonds is 6. The minimum atomic E-state index is -0.196. The van der Waals surface area contributed by atoms with Crippen molar-refractivity contribution in [1.82, 2.24) is 9.97 Å². The number of amides is 1. The standard InChI is InChI=1S/C19H26N4O/c1-6-15-11-9-10-13(4)17(15)22-18(24)16-12-14(5)20-19(21-16)23(7-2)8-3/h9-12H,6-8H2,1-5H3,(H,22,24). The van der Waals surface area contributed by atoms with Crippen molar-refractivity contribution in [2.45, 2.75) is 41.0 Å². The van der Waals surface area contributed by atoms with Gasteiger partial charge in [0.1, 0.15) is 5.69 Å². The molecule has 0 aliphatic carbocycles. The maximum Gasteiger partial charge on any atom is 0.274 e. The van der Waals surface area contributed by atoms with Crippen molar-refractivity contribution in [2.75, 3.05) is 23.3 Å². The minimum Gasteiger partial charge on any atom is -0.341 e. The molecule has 0 fully saturated rings. The first-order valence-electron chi connectivity index (χ1n) is 8.50. The molecular weight excluding hydrogens is 300 g/mol. The molecule has 0 bridgehead atoms. The average Bonchev–Trinajstić information content (AvgIpc) is 2.57. The van der Waals surface area contributed by atoms with Gasteiger partial charge in [0.05, 0.1) is 0 Å². The number of benzene rings is 1. The number of nitrogens with zero attached hydrogens (tertiary/aromatic N) is 3. The third kappa shape index (κ3) is 3.91. The molecule has 0 aliphatic rings. The Labute approximate surface area is 144 Å². The van der Waals surface area contributed by atoms with Gasteiger partial charge in [-0.15, -0.1) is 0 Å². The fourth-order valence-corrected chi connectivity index (χ4v) is 2.70. The summed E-state index contributed by atoms with van der Waals surface area (Å²) < 4.78 is 0. The van der Waals surface area contributed by atoms with Gasteiger partial charge < -0.3 is 10.2 Å². The van der Waals surface area contributed by atoms with Gasteiger partial charge in [-0.1, -0.05) is 25.1 Å². The average molecular weight is 326 g/mol. The number of aromatic nitrogens is 2. The summed E-state index contributed by atoms with van der Waals surface area (Å²) in [6.07, 6.45) is 0.866. The monoisotopic (exact) mass is 326 g/mol. The molecular formula is C19H26N4O. The maximum atomic E-state index is 12.7. The molecule has 2 rings (SSSR count). The molecule has 24 heavy (non-hydrogen) atoms. The molecule has 0 radical (unpaired) electrons. The molecule has 1 heterocycles. The molecule has 1 amide bonds. The topological polar surface area (TPSA) is 58.1 Å². The zero-order valence-electron chi connectivity index (χ0n) is 15.2. The molecule has 2 aromatic rings. The lowest BCUT2D eigenvalue weighted by molar-refractivity contribution is 0.102. The van der Waals surface area contributed by atoms with Crippen molar-refractivity contribution in [3.8, 4) is 0 Å². The molecule has 1 aromatic carbocycles. The predicted octanol–water partition coefficient (Wildman–Crippen LogP) is 3.75. The van der Waals surface area contributed by atoms with E-state index in [-0.39, 0.29) is 5.91 Å². The second kappa shape index (κ2) is 7.90. The van der Waals surface area contributed by atoms with Crippen LogP contribution in [0.15, 0.2) is 24.3 Å². The molecule has 0 saturated heterocycles. The normalized spacial score (nSPS) is 10.5. The van der Waals surface area contributed by atoms with Crippen molar-refractivity contribution in [3.63, 3.8) is 0 Å². The summed E-state index contributed by atoms with van der Waals surface area (Å²) in [5.41, 5.74) is 4.24. The Morgan fingerprint density at radius 3 is 2.46 bits per heavy atom. The van der Waals surface area contributed by atoms with Gasteiger partial charge >= 0.3 is 0 Å². The minimum absolute atomic E-state index is 0.196. The molecule has 1 aromatic heterocycles. The lowest BCUT2D eigenvalue weighted by atomic mass is 10.1. The Morgan fingerprint density at radius 2 is 1.83 bits per heavy atom. The predicted molar refractivity (Wildman–Crippen MR) is 98.8 cm³/mol. The molecule has 0 saturated carbocycles. The highest BCUT2D eigenvalue weighted by Crippen LogP contribution is 2.22. The van der Waals surface area contributed by atoms with Crippen LogP contribution in [0.2, 0.25) is 0 Å². The van der Waals surface area contributed by atoms with Gasteiger partial charge in [0.2, 0.25) is 5.95 Å². The van der Waals surface area contributed by atoms with E-state index in [9.17, 15) is 4.79 Å². The van der Waals surface area contributed by atoms with Gasteiger partial charge in [-0.3, -0.25) is 4.79 Å². The summed E-state index contributed by atoms with van der Waals surface area (Å²) in [5, 5.41) is 3.03. The Kier molecular flexibility index (Phi) is 5.90. The molecule has 5 heteroatoms. The van der Waals surface area contributed by atoms with Gasteiger partial charge in [-0.25, -0.2) is 9.97 Å². The number of hydrogen-bond donors (Lipinski definition) is 1. The lowest BCUT2D eigenvalue weighted by Crippen LogP contribution is -2.26. The highest BCUT2D eigenvalue weighted by molar-refractivity contribution is 6.04. The number of carbonyl (C=O) groups is 1. The van der Waals surface area contributed by atoms with E-state index >= 15 is 0 Å². The van der Waals surface area contributed by atoms with Crippen LogP contribution in [-0.2, 0) is 6.42 Å². The van der Waals surface area contributed by atoms with E-state index < -0.39 is 0 Å². The van der Waals surface area contributed by atoms with Gasteiger partial charge in [-0.05, 0) is 51.3 Å². The smallest absolute Gasteiger partial charge is 0.274 e. The van der Waals surface area contributed by atoms with Crippen LogP contribution in [0.3, 0.4) is 0 Å². The second-order valence-electron chi connectivity index (χ2n) is 5.78. The second-order valence-corrected chi connectivity index (χ2v) is 5.78. The Morgan fingerprint density at radius 1 is 1.12 bits per heavy atom. The molecule has 0 aliphatic heterocycles. The summed E-state index contributed by atoms with van der Waals surface area (Å²) >= 11 is 0. The van der Waals surface area contributed by atoms with Crippen molar-refractivity contribution in [2.24, 2.45) is 0 Å². The lowest BCUT2D eigenvalue weighted by Gasteiger charge is -2.19. The quantitative estimate of drug-likeness (QED) is 0.878. The van der Waals surface area contributed by atoms with E-state index in [1.165, 1.54) is 0 Å². The van der Waals surface area contributed by atoms with Crippen LogP contribution >= 0.6 is 0 Å². The first-order chi connectivity index (χ1) is 11.5. The first kappa shape index (κ1) is 17.9. The SMILES string of the molecule is CCc1cccc(C)c1NC(=O)c1cc(C)nc(N(CC)CC)n1. The van der Waals surface area contributed by atoms with Crippen LogP contribution in [0.5, 0.6) is 0 Å². The number of anilines is 2. The van der Waals surface area contributed by atoms with E-state index in [0.717, 1.165) is 42.0 Å². The van der Waals surface area contributed by atoms with Gasteiger partial charge in [0.15, 0.2) is 0 Å². The van der Waals surface area contributed by atoms with E-state index in [4.69, 9.17) is 0 Å². The van der Waals surface area contributed by atoms with E-state index in [0.29, 0.717) is 11.6 Å². The molecule has 0 atom stereocenters. The van der Waals surface area contributed by atoms with Gasteiger partial charge in [0.25, 0.3) is 5.91 Å². The summed E-state index contributed by atoms with van der Waals surface area (Å²) in [6, 6.07) is 7.78. The summed E-state index contributed by atoms with van der Waals surface area (Å²) in [4.78, 5) is 23.7. The Hall–Kier alpha value is -2.43. The largest absolute Gasteiger partial charge is 0.341 e. The zero-order chi connectivity index (χ0) is 17.7. The van der Waals surface area contributed by atoms with Crippen LogP contribution in [0.4, 0.5) is 11.6 Å². The van der Waals surface area contributed by atoms with Crippen LogP contribution in [0.1, 0.15) is 48.1 Å². The molecule has 5 nitrogen and oxygen atoms in total. The van der Waals surface area contributed by atoms with Crippen LogP contribution in [-0.4, -0.2) is 29.0 Å². The van der Waals surface area contributed by atoms with Crippen LogP contribution < -0.4 is 10.2 Å². The van der Waals surface area contributed by atoms with Crippen LogP contribution in [0, 0.1) is 13.8 Å². The molecule has 0 spiro atoms. The summed E-state index contributed by atoms with van der Waals surface area (Å²) in [6.45, 7) is 11.7. The van der Waals surface area contributed by atoms with Gasteiger partial charge in [0, 0.05) is 24.5 Å². The van der Waals surface area contributed by atoms with Crippen molar-refractivity contribution in [3.05, 3.63) is 46.8 Å². The maximum absolute atomic E-state index is 12.7. The highest BCUT2D eigenvalue weighted by Gasteiger charge is 2.15. The number of carbonyl (C=O) groups excluding carboxylic acids is 1. The number of nitrogens with one attached hydrogen (secondary N) is 1. The van der Waals surface area contributed by atoms with Gasteiger partial charge in [-0.2, -0.15) is 0 Å². The molecule has 128 valence electrons. The molecule has 0 unspecified atom stereocenters. The fraction of sp³-hybridized carbons (Fsp3) is 0.421. The Balaban J connectivity index is 2.34. The van der Waals surface area contributed by atoms with Crippen molar-refractivity contribution < 1.29 is 4.79 Å². The third-order valence-electron chi connectivity index (χ3n) is 4.10. The molecule has 1 N–H and O–H groups in total.